The monoisotopic (exact) mass is 384 g/mol. The highest BCUT2D eigenvalue weighted by molar-refractivity contribution is 6.22. The minimum absolute atomic E-state index is 0.00195. The van der Waals surface area contributed by atoms with Gasteiger partial charge in [0.2, 0.25) is 0 Å². The molecule has 1 saturated carbocycles. The molecule has 150 valence electrons. The number of carbonyl (C=O) groups excluding carboxylic acids is 3. The average Bonchev–Trinajstić information content (AvgIpc) is 2.99. The number of carbonyl (C=O) groups is 3. The van der Waals surface area contributed by atoms with Crippen molar-refractivity contribution in [2.75, 3.05) is 19.8 Å². The number of amides is 3. The predicted octanol–water partition coefficient (Wildman–Crippen LogP) is 3.16. The summed E-state index contributed by atoms with van der Waals surface area (Å²) < 4.78 is 5.36. The molecule has 1 aromatic rings. The fourth-order valence-corrected chi connectivity index (χ4v) is 4.60. The fourth-order valence-electron chi connectivity index (χ4n) is 4.60. The molecule has 28 heavy (non-hydrogen) atoms. The summed E-state index contributed by atoms with van der Waals surface area (Å²) in [5, 5.41) is 2.95. The van der Waals surface area contributed by atoms with Gasteiger partial charge in [0.1, 0.15) is 0 Å². The number of nitrogens with one attached hydrogen (secondary N) is 1. The molecular formula is C22H28N2O4. The maximum absolute atomic E-state index is 12.9. The summed E-state index contributed by atoms with van der Waals surface area (Å²) in [7, 11) is 0. The highest BCUT2D eigenvalue weighted by Crippen LogP contribution is 2.31. The summed E-state index contributed by atoms with van der Waals surface area (Å²) in [5.41, 5.74) is 1.24. The number of rotatable bonds is 5. The Morgan fingerprint density at radius 2 is 1.71 bits per heavy atom. The lowest BCUT2D eigenvalue weighted by molar-refractivity contribution is 0.0548. The van der Waals surface area contributed by atoms with E-state index in [0.29, 0.717) is 29.2 Å². The third kappa shape index (κ3) is 3.83. The highest BCUT2D eigenvalue weighted by Gasteiger charge is 2.40. The molecule has 0 atom stereocenters. The second-order valence-corrected chi connectivity index (χ2v) is 8.13. The Labute approximate surface area is 165 Å². The van der Waals surface area contributed by atoms with Crippen molar-refractivity contribution in [3.05, 3.63) is 34.9 Å². The van der Waals surface area contributed by atoms with E-state index in [4.69, 9.17) is 4.74 Å². The van der Waals surface area contributed by atoms with Gasteiger partial charge in [-0.05, 0) is 56.2 Å². The van der Waals surface area contributed by atoms with E-state index >= 15 is 0 Å². The molecule has 3 aliphatic rings. The topological polar surface area (TPSA) is 75.7 Å². The molecule has 1 N–H and O–H groups in total. The van der Waals surface area contributed by atoms with Gasteiger partial charge in [-0.25, -0.2) is 0 Å². The van der Waals surface area contributed by atoms with E-state index in [2.05, 4.69) is 5.32 Å². The molecular weight excluding hydrogens is 356 g/mol. The SMILES string of the molecule is O=C(NCCC1CCOCC1)c1ccc2c(c1)C(=O)N(C1CCCCC1)C2=O. The van der Waals surface area contributed by atoms with Gasteiger partial charge in [0.05, 0.1) is 11.1 Å². The molecule has 4 rings (SSSR count). The third-order valence-electron chi connectivity index (χ3n) is 6.30. The maximum atomic E-state index is 12.9. The lowest BCUT2D eigenvalue weighted by Crippen LogP contribution is -2.40. The van der Waals surface area contributed by atoms with Gasteiger partial charge in [0.15, 0.2) is 0 Å². The molecule has 2 heterocycles. The summed E-state index contributed by atoms with van der Waals surface area (Å²) in [6.45, 7) is 2.22. The normalized spacial score (nSPS) is 21.1. The Hall–Kier alpha value is -2.21. The quantitative estimate of drug-likeness (QED) is 0.791. The molecule has 1 aliphatic carbocycles. The van der Waals surface area contributed by atoms with Crippen molar-refractivity contribution < 1.29 is 19.1 Å². The van der Waals surface area contributed by atoms with Gasteiger partial charge in [0, 0.05) is 31.4 Å². The van der Waals surface area contributed by atoms with Crippen LogP contribution in [0.25, 0.3) is 0 Å². The zero-order chi connectivity index (χ0) is 19.5. The Bertz CT molecular complexity index is 764. The lowest BCUT2D eigenvalue weighted by atomic mass is 9.94. The maximum Gasteiger partial charge on any atom is 0.261 e. The minimum atomic E-state index is -0.247. The van der Waals surface area contributed by atoms with Crippen LogP contribution in [0.2, 0.25) is 0 Å². The van der Waals surface area contributed by atoms with Crippen LogP contribution in [0.3, 0.4) is 0 Å². The van der Waals surface area contributed by atoms with Crippen LogP contribution in [0.1, 0.15) is 82.4 Å². The van der Waals surface area contributed by atoms with Crippen molar-refractivity contribution in [3.8, 4) is 0 Å². The first kappa shape index (κ1) is 19.1. The van der Waals surface area contributed by atoms with Crippen LogP contribution in [0, 0.1) is 5.92 Å². The van der Waals surface area contributed by atoms with Crippen molar-refractivity contribution in [2.24, 2.45) is 5.92 Å². The van der Waals surface area contributed by atoms with E-state index in [1.807, 2.05) is 0 Å². The van der Waals surface area contributed by atoms with E-state index in [9.17, 15) is 14.4 Å². The van der Waals surface area contributed by atoms with Crippen molar-refractivity contribution in [2.45, 2.75) is 57.4 Å². The summed E-state index contributed by atoms with van der Waals surface area (Å²) in [4.78, 5) is 39.5. The van der Waals surface area contributed by atoms with Crippen molar-refractivity contribution in [1.29, 1.82) is 0 Å². The van der Waals surface area contributed by atoms with Gasteiger partial charge >= 0.3 is 0 Å². The fraction of sp³-hybridized carbons (Fsp3) is 0.591. The number of imide groups is 1. The predicted molar refractivity (Wildman–Crippen MR) is 104 cm³/mol. The van der Waals surface area contributed by atoms with Gasteiger partial charge in [-0.2, -0.15) is 0 Å². The molecule has 0 unspecified atom stereocenters. The van der Waals surface area contributed by atoms with Crippen LogP contribution in [0.5, 0.6) is 0 Å². The second-order valence-electron chi connectivity index (χ2n) is 8.13. The molecule has 1 aromatic carbocycles. The summed E-state index contributed by atoms with van der Waals surface area (Å²) in [6.07, 6.45) is 8.06. The summed E-state index contributed by atoms with van der Waals surface area (Å²) in [6, 6.07) is 4.87. The van der Waals surface area contributed by atoms with Gasteiger partial charge in [-0.3, -0.25) is 19.3 Å². The highest BCUT2D eigenvalue weighted by atomic mass is 16.5. The van der Waals surface area contributed by atoms with Crippen molar-refractivity contribution >= 4 is 17.7 Å². The lowest BCUT2D eigenvalue weighted by Gasteiger charge is -2.29. The van der Waals surface area contributed by atoms with Crippen LogP contribution < -0.4 is 5.32 Å². The van der Waals surface area contributed by atoms with Gasteiger partial charge < -0.3 is 10.1 Å². The van der Waals surface area contributed by atoms with Crippen molar-refractivity contribution in [1.82, 2.24) is 10.2 Å². The van der Waals surface area contributed by atoms with E-state index in [-0.39, 0.29) is 23.8 Å². The van der Waals surface area contributed by atoms with Crippen LogP contribution in [-0.4, -0.2) is 48.4 Å². The smallest absolute Gasteiger partial charge is 0.261 e. The van der Waals surface area contributed by atoms with E-state index in [1.165, 1.54) is 4.90 Å². The molecule has 1 saturated heterocycles. The first-order valence-electron chi connectivity index (χ1n) is 10.5. The third-order valence-corrected chi connectivity index (χ3v) is 6.30. The largest absolute Gasteiger partial charge is 0.381 e. The molecule has 0 bridgehead atoms. The standard InChI is InChI=1S/C22H28N2O4/c25-20(23-11-8-15-9-12-28-13-10-15)16-6-7-18-19(14-16)22(27)24(21(18)26)17-4-2-1-3-5-17/h6-7,14-15,17H,1-5,8-13H2,(H,23,25). The molecule has 2 aliphatic heterocycles. The molecule has 6 heteroatoms. The molecule has 0 aromatic heterocycles. The Balaban J connectivity index is 1.40. The number of fused-ring (bicyclic) bond motifs is 1. The molecule has 3 amide bonds. The molecule has 0 radical (unpaired) electrons. The molecule has 6 nitrogen and oxygen atoms in total. The summed E-state index contributed by atoms with van der Waals surface area (Å²) in [5.74, 6) is -0.0503. The Morgan fingerprint density at radius 3 is 2.46 bits per heavy atom. The van der Waals surface area contributed by atoms with Gasteiger partial charge in [-0.15, -0.1) is 0 Å². The van der Waals surface area contributed by atoms with Crippen LogP contribution in [0.15, 0.2) is 18.2 Å². The van der Waals surface area contributed by atoms with Crippen LogP contribution in [-0.2, 0) is 4.74 Å². The molecule has 0 spiro atoms. The van der Waals surface area contributed by atoms with E-state index in [0.717, 1.165) is 64.6 Å². The van der Waals surface area contributed by atoms with Crippen LogP contribution >= 0.6 is 0 Å². The number of benzene rings is 1. The Morgan fingerprint density at radius 1 is 1.00 bits per heavy atom. The Kier molecular flexibility index (Phi) is 5.76. The van der Waals surface area contributed by atoms with Crippen molar-refractivity contribution in [3.63, 3.8) is 0 Å². The van der Waals surface area contributed by atoms with Gasteiger partial charge in [0.25, 0.3) is 17.7 Å². The first-order chi connectivity index (χ1) is 13.6. The number of hydrogen-bond acceptors (Lipinski definition) is 4. The number of ether oxygens (including phenoxy) is 1. The van der Waals surface area contributed by atoms with E-state index < -0.39 is 0 Å². The second kappa shape index (κ2) is 8.43. The summed E-state index contributed by atoms with van der Waals surface area (Å²) >= 11 is 0. The van der Waals surface area contributed by atoms with Gasteiger partial charge in [-0.1, -0.05) is 19.3 Å². The van der Waals surface area contributed by atoms with Crippen LogP contribution in [0.4, 0.5) is 0 Å². The number of hydrogen-bond donors (Lipinski definition) is 1. The zero-order valence-corrected chi connectivity index (χ0v) is 16.2. The zero-order valence-electron chi connectivity index (χ0n) is 16.2. The number of nitrogens with zero attached hydrogens (tertiary/aromatic N) is 1. The van der Waals surface area contributed by atoms with E-state index in [1.54, 1.807) is 18.2 Å². The first-order valence-corrected chi connectivity index (χ1v) is 10.5. The molecule has 2 fully saturated rings. The average molecular weight is 384 g/mol. The minimum Gasteiger partial charge on any atom is -0.381 e.